The van der Waals surface area contributed by atoms with Gasteiger partial charge in [0.05, 0.1) is 6.10 Å². The van der Waals surface area contributed by atoms with Crippen LogP contribution < -0.4 is 10.6 Å². The highest BCUT2D eigenvalue weighted by molar-refractivity contribution is 5.53. The first-order valence-corrected chi connectivity index (χ1v) is 4.99. The van der Waals surface area contributed by atoms with E-state index in [1.54, 1.807) is 30.9 Å². The second kappa shape index (κ2) is 5.00. The number of rotatable bonds is 4. The highest BCUT2D eigenvalue weighted by Crippen LogP contribution is 2.18. The van der Waals surface area contributed by atoms with E-state index in [0.717, 1.165) is 5.69 Å². The monoisotopic (exact) mass is 210 g/mol. The molecule has 84 valence electrons. The number of nitrogens with two attached hydrogens (primary N) is 1. The molecule has 0 bridgehead atoms. The van der Waals surface area contributed by atoms with Crippen LogP contribution in [0.4, 0.5) is 11.4 Å². The van der Waals surface area contributed by atoms with E-state index >= 15 is 0 Å². The Morgan fingerprint density at radius 3 is 2.13 bits per heavy atom. The summed E-state index contributed by atoms with van der Waals surface area (Å²) < 4.78 is 0. The number of aliphatic hydroxyl groups excluding tert-OH is 2. The largest absolute Gasteiger partial charge is 0.399 e. The Balaban J connectivity index is 2.84. The lowest BCUT2D eigenvalue weighted by Gasteiger charge is -2.29. The smallest absolute Gasteiger partial charge is 0.124 e. The van der Waals surface area contributed by atoms with Crippen molar-refractivity contribution in [2.45, 2.75) is 26.2 Å². The molecule has 1 aromatic rings. The van der Waals surface area contributed by atoms with Crippen molar-refractivity contribution in [2.24, 2.45) is 0 Å². The second-order valence-corrected chi connectivity index (χ2v) is 3.72. The minimum absolute atomic E-state index is 0.390. The Hall–Kier alpha value is -1.26. The Kier molecular flexibility index (Phi) is 3.94. The van der Waals surface area contributed by atoms with Crippen LogP contribution in [0.2, 0.25) is 0 Å². The predicted octanol–water partition coefficient (Wildman–Crippen LogP) is 0.794. The maximum absolute atomic E-state index is 9.57. The average molecular weight is 210 g/mol. The van der Waals surface area contributed by atoms with Crippen LogP contribution in [0.3, 0.4) is 0 Å². The molecule has 0 fully saturated rings. The molecule has 0 heterocycles. The fourth-order valence-corrected chi connectivity index (χ4v) is 1.42. The molecule has 2 unspecified atom stereocenters. The third-order valence-corrected chi connectivity index (χ3v) is 2.14. The zero-order valence-corrected chi connectivity index (χ0v) is 9.09. The van der Waals surface area contributed by atoms with Crippen molar-refractivity contribution in [1.29, 1.82) is 0 Å². The molecule has 2 atom stereocenters. The molecule has 0 aliphatic rings. The number of nitrogen functional groups attached to an aromatic ring is 1. The van der Waals surface area contributed by atoms with Crippen LogP contribution in [0.1, 0.15) is 13.8 Å². The number of hydrogen-bond acceptors (Lipinski definition) is 4. The van der Waals surface area contributed by atoms with Gasteiger partial charge >= 0.3 is 0 Å². The van der Waals surface area contributed by atoms with Gasteiger partial charge in [0.1, 0.15) is 6.23 Å². The van der Waals surface area contributed by atoms with Crippen LogP contribution in [0, 0.1) is 0 Å². The predicted molar refractivity (Wildman–Crippen MR) is 61.6 cm³/mol. The molecule has 1 aromatic carbocycles. The summed E-state index contributed by atoms with van der Waals surface area (Å²) in [6.45, 7) is 3.74. The van der Waals surface area contributed by atoms with Crippen LogP contribution in [0.15, 0.2) is 24.3 Å². The molecule has 1 rings (SSSR count). The Morgan fingerprint density at radius 1 is 1.20 bits per heavy atom. The molecule has 0 saturated heterocycles. The van der Waals surface area contributed by atoms with Crippen molar-refractivity contribution in [1.82, 2.24) is 0 Å². The van der Waals surface area contributed by atoms with Crippen molar-refractivity contribution in [3.63, 3.8) is 0 Å². The van der Waals surface area contributed by atoms with Crippen molar-refractivity contribution in [2.75, 3.05) is 17.2 Å². The van der Waals surface area contributed by atoms with E-state index < -0.39 is 12.3 Å². The molecule has 0 aliphatic carbocycles. The van der Waals surface area contributed by atoms with Gasteiger partial charge in [0.15, 0.2) is 0 Å². The van der Waals surface area contributed by atoms with Gasteiger partial charge in [-0.2, -0.15) is 0 Å². The zero-order chi connectivity index (χ0) is 11.4. The Morgan fingerprint density at radius 2 is 1.73 bits per heavy atom. The third kappa shape index (κ3) is 3.42. The van der Waals surface area contributed by atoms with Gasteiger partial charge in [0, 0.05) is 17.9 Å². The highest BCUT2D eigenvalue weighted by Gasteiger charge is 2.13. The minimum atomic E-state index is -0.636. The van der Waals surface area contributed by atoms with E-state index in [1.807, 2.05) is 12.1 Å². The topological polar surface area (TPSA) is 69.7 Å². The number of anilines is 2. The van der Waals surface area contributed by atoms with Crippen molar-refractivity contribution < 1.29 is 10.2 Å². The number of hydrogen-bond donors (Lipinski definition) is 3. The summed E-state index contributed by atoms with van der Waals surface area (Å²) in [5.41, 5.74) is 7.10. The summed E-state index contributed by atoms with van der Waals surface area (Å²) in [6, 6.07) is 7.19. The number of benzene rings is 1. The first-order chi connectivity index (χ1) is 7.00. The second-order valence-electron chi connectivity index (χ2n) is 3.72. The van der Waals surface area contributed by atoms with Gasteiger partial charge in [-0.3, -0.25) is 0 Å². The normalized spacial score (nSPS) is 14.7. The van der Waals surface area contributed by atoms with Gasteiger partial charge in [-0.05, 0) is 38.1 Å². The molecule has 4 nitrogen and oxygen atoms in total. The molecule has 4 N–H and O–H groups in total. The Bertz CT molecular complexity index is 296. The van der Waals surface area contributed by atoms with Crippen LogP contribution in [-0.4, -0.2) is 29.1 Å². The number of aliphatic hydroxyl groups is 2. The van der Waals surface area contributed by atoms with E-state index in [4.69, 9.17) is 5.73 Å². The maximum Gasteiger partial charge on any atom is 0.124 e. The van der Waals surface area contributed by atoms with Crippen LogP contribution in [0.5, 0.6) is 0 Å². The lowest BCUT2D eigenvalue weighted by molar-refractivity contribution is 0.150. The van der Waals surface area contributed by atoms with Gasteiger partial charge in [-0.25, -0.2) is 0 Å². The molecular formula is C11H18N2O2. The number of nitrogens with zero attached hydrogens (tertiary/aromatic N) is 1. The molecule has 0 amide bonds. The maximum atomic E-state index is 9.57. The van der Waals surface area contributed by atoms with Gasteiger partial charge in [-0.1, -0.05) is 0 Å². The van der Waals surface area contributed by atoms with Gasteiger partial charge in [0.2, 0.25) is 0 Å². The molecule has 0 aliphatic heterocycles. The fourth-order valence-electron chi connectivity index (χ4n) is 1.42. The van der Waals surface area contributed by atoms with Crippen molar-refractivity contribution >= 4 is 11.4 Å². The van der Waals surface area contributed by atoms with E-state index in [0.29, 0.717) is 12.2 Å². The van der Waals surface area contributed by atoms with E-state index in [2.05, 4.69) is 0 Å². The molecule has 0 saturated carbocycles. The van der Waals surface area contributed by atoms with E-state index in [1.165, 1.54) is 0 Å². The SMILES string of the molecule is CC(O)CN(c1ccc(N)cc1)C(C)O. The summed E-state index contributed by atoms with van der Waals surface area (Å²) in [7, 11) is 0. The first kappa shape index (κ1) is 11.8. The standard InChI is InChI=1S/C11H18N2O2/c1-8(14)7-13(9(2)15)11-5-3-10(12)4-6-11/h3-6,8-9,14-15H,7,12H2,1-2H3. The van der Waals surface area contributed by atoms with Crippen LogP contribution >= 0.6 is 0 Å². The Labute approximate surface area is 89.9 Å². The molecular weight excluding hydrogens is 192 g/mol. The fraction of sp³-hybridized carbons (Fsp3) is 0.455. The summed E-state index contributed by atoms with van der Waals surface area (Å²) >= 11 is 0. The molecule has 15 heavy (non-hydrogen) atoms. The molecule has 0 aromatic heterocycles. The summed E-state index contributed by atoms with van der Waals surface area (Å²) in [6.07, 6.45) is -1.12. The zero-order valence-electron chi connectivity index (χ0n) is 9.09. The van der Waals surface area contributed by atoms with Crippen molar-refractivity contribution in [3.05, 3.63) is 24.3 Å². The quantitative estimate of drug-likeness (QED) is 0.507. The summed E-state index contributed by atoms with van der Waals surface area (Å²) in [5, 5.41) is 18.9. The van der Waals surface area contributed by atoms with Crippen molar-refractivity contribution in [3.8, 4) is 0 Å². The summed E-state index contributed by atoms with van der Waals surface area (Å²) in [5.74, 6) is 0. The minimum Gasteiger partial charge on any atom is -0.399 e. The lowest BCUT2D eigenvalue weighted by Crippen LogP contribution is -2.38. The van der Waals surface area contributed by atoms with E-state index in [9.17, 15) is 10.2 Å². The summed E-state index contributed by atoms with van der Waals surface area (Å²) in [4.78, 5) is 1.71. The van der Waals surface area contributed by atoms with Crippen LogP contribution in [0.25, 0.3) is 0 Å². The third-order valence-electron chi connectivity index (χ3n) is 2.14. The van der Waals surface area contributed by atoms with E-state index in [-0.39, 0.29) is 0 Å². The van der Waals surface area contributed by atoms with Gasteiger partial charge < -0.3 is 20.8 Å². The van der Waals surface area contributed by atoms with Gasteiger partial charge in [-0.15, -0.1) is 0 Å². The highest BCUT2D eigenvalue weighted by atomic mass is 16.3. The molecule has 4 heteroatoms. The molecule has 0 radical (unpaired) electrons. The first-order valence-electron chi connectivity index (χ1n) is 4.99. The van der Waals surface area contributed by atoms with Crippen LogP contribution in [-0.2, 0) is 0 Å². The average Bonchev–Trinajstić information content (AvgIpc) is 2.15. The molecule has 0 spiro atoms. The lowest BCUT2D eigenvalue weighted by atomic mass is 10.2. The van der Waals surface area contributed by atoms with Gasteiger partial charge in [0.25, 0.3) is 0 Å².